The summed E-state index contributed by atoms with van der Waals surface area (Å²) in [6.07, 6.45) is 8.38. The van der Waals surface area contributed by atoms with Crippen LogP contribution in [0, 0.1) is 11.8 Å². The van der Waals surface area contributed by atoms with Crippen LogP contribution in [0.4, 0.5) is 0 Å². The minimum Gasteiger partial charge on any atom is -0.345 e. The van der Waals surface area contributed by atoms with E-state index in [1.54, 1.807) is 0 Å². The number of rotatable bonds is 4. The second-order valence-corrected chi connectivity index (χ2v) is 7.01. The molecule has 1 aliphatic carbocycles. The number of aldehydes is 1. The Bertz CT molecular complexity index is 443. The summed E-state index contributed by atoms with van der Waals surface area (Å²) in [4.78, 5) is 11.5. The van der Waals surface area contributed by atoms with Crippen LogP contribution in [0.5, 0.6) is 0 Å². The Hall–Kier alpha value is -0.930. The number of allylic oxidation sites excluding steroid dienone is 3. The lowest BCUT2D eigenvalue weighted by Crippen LogP contribution is -2.41. The molecule has 0 aromatic carbocycles. The molecule has 0 unspecified atom stereocenters. The van der Waals surface area contributed by atoms with E-state index in [0.29, 0.717) is 0 Å². The van der Waals surface area contributed by atoms with Crippen molar-refractivity contribution in [3.8, 4) is 0 Å². The predicted molar refractivity (Wildman–Crippen MR) is 83.9 cm³/mol. The van der Waals surface area contributed by atoms with Crippen molar-refractivity contribution in [2.75, 3.05) is 0 Å². The molecule has 1 heterocycles. The number of carbonyl (C=O) groups excluding carboxylic acids is 1. The van der Waals surface area contributed by atoms with Crippen molar-refractivity contribution in [1.82, 2.24) is 0 Å². The molecule has 4 atom stereocenters. The lowest BCUT2D eigenvalue weighted by molar-refractivity contribution is -0.149. The molecule has 0 N–H and O–H groups in total. The maximum Gasteiger partial charge on any atom is 0.163 e. The predicted octanol–water partition coefficient (Wildman–Crippen LogP) is 4.03. The summed E-state index contributed by atoms with van der Waals surface area (Å²) in [6, 6.07) is 0. The number of carbonyl (C=O) groups is 1. The topological polar surface area (TPSA) is 35.5 Å². The summed E-state index contributed by atoms with van der Waals surface area (Å²) in [6.45, 7) is 10.2. The fraction of sp³-hybridized carbons (Fsp3) is 0.722. The molecule has 1 aliphatic heterocycles. The van der Waals surface area contributed by atoms with Gasteiger partial charge in [-0.3, -0.25) is 0 Å². The molecule has 1 saturated heterocycles. The van der Waals surface area contributed by atoms with E-state index >= 15 is 0 Å². The normalized spacial score (nSPS) is 35.2. The second-order valence-electron chi connectivity index (χ2n) is 7.01. The average molecular weight is 292 g/mol. The Morgan fingerprint density at radius 2 is 1.86 bits per heavy atom. The maximum absolute atomic E-state index is 11.5. The van der Waals surface area contributed by atoms with Gasteiger partial charge in [0, 0.05) is 11.8 Å². The molecule has 118 valence electrons. The highest BCUT2D eigenvalue weighted by Crippen LogP contribution is 2.44. The molecule has 0 radical (unpaired) electrons. The van der Waals surface area contributed by atoms with Crippen LogP contribution in [0.2, 0.25) is 0 Å². The van der Waals surface area contributed by atoms with E-state index in [9.17, 15) is 4.79 Å². The standard InChI is InChI=1S/C18H28O3/c1-12(2)7-6-8-13(3)16-14(11-19)9-10-15-17(16)21-18(4,5)20-15/h7-8,11,14-17H,6,9-10H2,1-5H3/b13-8+/t14-,15-,16-,17-/m1/s1. The second kappa shape index (κ2) is 6.45. The molecule has 2 aliphatic rings. The quantitative estimate of drug-likeness (QED) is 0.579. The van der Waals surface area contributed by atoms with Crippen LogP contribution >= 0.6 is 0 Å². The van der Waals surface area contributed by atoms with Crippen LogP contribution in [0.1, 0.15) is 53.9 Å². The molecule has 0 spiro atoms. The van der Waals surface area contributed by atoms with E-state index in [2.05, 4.69) is 32.9 Å². The van der Waals surface area contributed by atoms with Crippen molar-refractivity contribution >= 4 is 6.29 Å². The van der Waals surface area contributed by atoms with Crippen molar-refractivity contribution in [1.29, 1.82) is 0 Å². The molecule has 0 aromatic heterocycles. The molecule has 0 amide bonds. The zero-order chi connectivity index (χ0) is 15.6. The van der Waals surface area contributed by atoms with Gasteiger partial charge in [0.25, 0.3) is 0 Å². The smallest absolute Gasteiger partial charge is 0.163 e. The summed E-state index contributed by atoms with van der Waals surface area (Å²) in [5, 5.41) is 0. The number of hydrogen-bond acceptors (Lipinski definition) is 3. The summed E-state index contributed by atoms with van der Waals surface area (Å²) >= 11 is 0. The van der Waals surface area contributed by atoms with Crippen molar-refractivity contribution in [2.24, 2.45) is 11.8 Å². The Morgan fingerprint density at radius 3 is 2.48 bits per heavy atom. The summed E-state index contributed by atoms with van der Waals surface area (Å²) in [5.41, 5.74) is 2.56. The van der Waals surface area contributed by atoms with Crippen LogP contribution in [0.25, 0.3) is 0 Å². The lowest BCUT2D eigenvalue weighted by atomic mass is 9.73. The zero-order valence-corrected chi connectivity index (χ0v) is 13.9. The third-order valence-electron chi connectivity index (χ3n) is 4.49. The third-order valence-corrected chi connectivity index (χ3v) is 4.49. The van der Waals surface area contributed by atoms with Crippen LogP contribution < -0.4 is 0 Å². The maximum atomic E-state index is 11.5. The first-order chi connectivity index (χ1) is 9.84. The van der Waals surface area contributed by atoms with Crippen LogP contribution in [-0.4, -0.2) is 24.3 Å². The highest BCUT2D eigenvalue weighted by Gasteiger charge is 2.50. The molecule has 0 aromatic rings. The van der Waals surface area contributed by atoms with Crippen molar-refractivity contribution in [2.45, 2.75) is 71.9 Å². The van der Waals surface area contributed by atoms with Gasteiger partial charge in [0.05, 0.1) is 12.2 Å². The number of hydrogen-bond donors (Lipinski definition) is 0. The minimum absolute atomic E-state index is 0.00639. The van der Waals surface area contributed by atoms with Gasteiger partial charge in [0.1, 0.15) is 6.29 Å². The van der Waals surface area contributed by atoms with Crippen LogP contribution in [0.15, 0.2) is 23.3 Å². The van der Waals surface area contributed by atoms with E-state index < -0.39 is 5.79 Å². The zero-order valence-electron chi connectivity index (χ0n) is 13.9. The molecule has 21 heavy (non-hydrogen) atoms. The van der Waals surface area contributed by atoms with Gasteiger partial charge in [-0.15, -0.1) is 0 Å². The molecule has 1 saturated carbocycles. The minimum atomic E-state index is -0.536. The highest BCUT2D eigenvalue weighted by molar-refractivity contribution is 5.56. The van der Waals surface area contributed by atoms with Crippen LogP contribution in [0.3, 0.4) is 0 Å². The van der Waals surface area contributed by atoms with E-state index in [4.69, 9.17) is 9.47 Å². The molecular weight excluding hydrogens is 264 g/mol. The Kier molecular flexibility index (Phi) is 5.05. The van der Waals surface area contributed by atoms with Gasteiger partial charge in [-0.05, 0) is 53.9 Å². The largest absolute Gasteiger partial charge is 0.345 e. The number of ether oxygens (including phenoxy) is 2. The summed E-state index contributed by atoms with van der Waals surface area (Å²) in [7, 11) is 0. The van der Waals surface area contributed by atoms with Crippen molar-refractivity contribution in [3.05, 3.63) is 23.3 Å². The van der Waals surface area contributed by atoms with Gasteiger partial charge >= 0.3 is 0 Å². The fourth-order valence-electron chi connectivity index (χ4n) is 3.54. The molecule has 2 fully saturated rings. The molecule has 0 bridgehead atoms. The Morgan fingerprint density at radius 1 is 1.14 bits per heavy atom. The first-order valence-electron chi connectivity index (χ1n) is 7.95. The third kappa shape index (κ3) is 3.83. The van der Waals surface area contributed by atoms with E-state index in [1.807, 2.05) is 13.8 Å². The fourth-order valence-corrected chi connectivity index (χ4v) is 3.54. The van der Waals surface area contributed by atoms with Gasteiger partial charge in [0.15, 0.2) is 5.79 Å². The number of fused-ring (bicyclic) bond motifs is 1. The van der Waals surface area contributed by atoms with Crippen molar-refractivity contribution < 1.29 is 14.3 Å². The van der Waals surface area contributed by atoms with Gasteiger partial charge in [-0.1, -0.05) is 23.3 Å². The van der Waals surface area contributed by atoms with Crippen molar-refractivity contribution in [3.63, 3.8) is 0 Å². The van der Waals surface area contributed by atoms with E-state index in [0.717, 1.165) is 25.5 Å². The Balaban J connectivity index is 2.19. The first-order valence-corrected chi connectivity index (χ1v) is 7.95. The van der Waals surface area contributed by atoms with Gasteiger partial charge in [-0.2, -0.15) is 0 Å². The highest BCUT2D eigenvalue weighted by atomic mass is 16.8. The van der Waals surface area contributed by atoms with E-state index in [1.165, 1.54) is 11.1 Å². The Labute approximate surface area is 128 Å². The first kappa shape index (κ1) is 16.4. The van der Waals surface area contributed by atoms with Gasteiger partial charge < -0.3 is 14.3 Å². The summed E-state index contributed by atoms with van der Waals surface area (Å²) < 4.78 is 12.1. The van der Waals surface area contributed by atoms with Gasteiger partial charge in [0.2, 0.25) is 0 Å². The molecular formula is C18H28O3. The monoisotopic (exact) mass is 292 g/mol. The molecule has 3 nitrogen and oxygen atoms in total. The van der Waals surface area contributed by atoms with E-state index in [-0.39, 0.29) is 24.0 Å². The summed E-state index contributed by atoms with van der Waals surface area (Å²) in [5.74, 6) is -0.341. The lowest BCUT2D eigenvalue weighted by Gasteiger charge is -2.36. The van der Waals surface area contributed by atoms with Gasteiger partial charge in [-0.25, -0.2) is 0 Å². The molecule has 3 heteroatoms. The van der Waals surface area contributed by atoms with Crippen LogP contribution in [-0.2, 0) is 14.3 Å². The average Bonchev–Trinajstić information content (AvgIpc) is 2.70. The SMILES string of the molecule is CC(C)=CC/C=C(\C)[C@H]1[C@@H]2OC(C)(C)O[C@@H]2CC[C@@H]1C=O. The molecule has 2 rings (SSSR count).